The number of anilines is 1. The highest BCUT2D eigenvalue weighted by Crippen LogP contribution is 2.16. The summed E-state index contributed by atoms with van der Waals surface area (Å²) >= 11 is 0. The van der Waals surface area contributed by atoms with Crippen LogP contribution in [0.3, 0.4) is 0 Å². The lowest BCUT2D eigenvalue weighted by Crippen LogP contribution is -2.35. The quantitative estimate of drug-likeness (QED) is 0.572. The van der Waals surface area contributed by atoms with Crippen molar-refractivity contribution in [2.75, 3.05) is 5.32 Å². The summed E-state index contributed by atoms with van der Waals surface area (Å²) in [6.07, 6.45) is 1.72. The van der Waals surface area contributed by atoms with Crippen molar-refractivity contribution in [3.63, 3.8) is 0 Å². The normalized spacial score (nSPS) is 11.4. The molecule has 0 spiro atoms. The molecule has 0 radical (unpaired) electrons. The molecule has 0 aliphatic heterocycles. The summed E-state index contributed by atoms with van der Waals surface area (Å²) in [7, 11) is 0. The van der Waals surface area contributed by atoms with Crippen molar-refractivity contribution in [2.45, 2.75) is 12.5 Å². The smallest absolute Gasteiger partial charge is 0.335 e. The second-order valence-corrected chi connectivity index (χ2v) is 4.03. The van der Waals surface area contributed by atoms with Gasteiger partial charge in [-0.1, -0.05) is 6.08 Å². The van der Waals surface area contributed by atoms with Crippen molar-refractivity contribution in [3.05, 3.63) is 42.0 Å². The zero-order valence-electron chi connectivity index (χ0n) is 10.5. The van der Waals surface area contributed by atoms with Gasteiger partial charge in [-0.05, 0) is 24.6 Å². The third-order valence-corrected chi connectivity index (χ3v) is 2.45. The standard InChI is InChI=1S/C13H14N2O5/c1-2-3-10(14)11(16)15-9-5-7(12(17)18)4-8(6-9)13(19)20/h2,4-6,10H,1,3,14H2,(H,15,16)(H,17,18)(H,19,20). The minimum absolute atomic E-state index is 0.0619. The van der Waals surface area contributed by atoms with Crippen LogP contribution in [-0.4, -0.2) is 34.1 Å². The molecule has 1 aromatic rings. The monoisotopic (exact) mass is 278 g/mol. The van der Waals surface area contributed by atoms with Gasteiger partial charge >= 0.3 is 11.9 Å². The Morgan fingerprint density at radius 2 is 1.70 bits per heavy atom. The number of carbonyl (C=O) groups excluding carboxylic acids is 1. The Morgan fingerprint density at radius 3 is 2.10 bits per heavy atom. The van der Waals surface area contributed by atoms with E-state index >= 15 is 0 Å². The highest BCUT2D eigenvalue weighted by molar-refractivity contribution is 5.99. The van der Waals surface area contributed by atoms with Crippen molar-refractivity contribution >= 4 is 23.5 Å². The molecule has 7 nitrogen and oxygen atoms in total. The third kappa shape index (κ3) is 3.92. The Bertz CT molecular complexity index is 536. The molecule has 0 saturated carbocycles. The minimum Gasteiger partial charge on any atom is -0.478 e. The molecule has 5 N–H and O–H groups in total. The van der Waals surface area contributed by atoms with E-state index in [1.165, 1.54) is 6.08 Å². The van der Waals surface area contributed by atoms with Gasteiger partial charge < -0.3 is 21.3 Å². The maximum Gasteiger partial charge on any atom is 0.335 e. The highest BCUT2D eigenvalue weighted by Gasteiger charge is 2.15. The molecular formula is C13H14N2O5. The Hall–Kier alpha value is -2.67. The van der Waals surface area contributed by atoms with E-state index in [2.05, 4.69) is 11.9 Å². The second-order valence-electron chi connectivity index (χ2n) is 4.03. The molecule has 1 unspecified atom stereocenters. The fraction of sp³-hybridized carbons (Fsp3) is 0.154. The van der Waals surface area contributed by atoms with E-state index in [-0.39, 0.29) is 23.2 Å². The van der Waals surface area contributed by atoms with Crippen molar-refractivity contribution < 1.29 is 24.6 Å². The molecule has 0 aliphatic rings. The van der Waals surface area contributed by atoms with Gasteiger partial charge in [0.25, 0.3) is 0 Å². The average Bonchev–Trinajstić information content (AvgIpc) is 2.38. The van der Waals surface area contributed by atoms with Crippen LogP contribution < -0.4 is 11.1 Å². The van der Waals surface area contributed by atoms with Crippen molar-refractivity contribution in [1.29, 1.82) is 0 Å². The summed E-state index contributed by atoms with van der Waals surface area (Å²) in [5, 5.41) is 20.2. The molecule has 0 saturated heterocycles. The van der Waals surface area contributed by atoms with Gasteiger partial charge in [-0.15, -0.1) is 6.58 Å². The molecule has 1 aromatic carbocycles. The van der Waals surface area contributed by atoms with Gasteiger partial charge in [0, 0.05) is 5.69 Å². The number of rotatable bonds is 6. The fourth-order valence-electron chi connectivity index (χ4n) is 1.47. The van der Waals surface area contributed by atoms with Crippen LogP contribution in [0.15, 0.2) is 30.9 Å². The number of aromatic carboxylic acids is 2. The van der Waals surface area contributed by atoms with Crippen LogP contribution in [0.5, 0.6) is 0 Å². The van der Waals surface area contributed by atoms with Crippen LogP contribution in [0.25, 0.3) is 0 Å². The molecule has 1 amide bonds. The summed E-state index contributed by atoms with van der Waals surface area (Å²) in [6, 6.07) is 2.49. The maximum absolute atomic E-state index is 11.7. The van der Waals surface area contributed by atoms with Crippen LogP contribution in [0, 0.1) is 0 Å². The van der Waals surface area contributed by atoms with Crippen molar-refractivity contribution in [2.24, 2.45) is 5.73 Å². The maximum atomic E-state index is 11.7. The summed E-state index contributed by atoms with van der Waals surface area (Å²) in [5.41, 5.74) is 5.14. The van der Waals surface area contributed by atoms with Crippen LogP contribution in [-0.2, 0) is 4.79 Å². The largest absolute Gasteiger partial charge is 0.478 e. The summed E-state index contributed by atoms with van der Waals surface area (Å²) in [5.74, 6) is -3.14. The van der Waals surface area contributed by atoms with Gasteiger partial charge in [0.05, 0.1) is 17.2 Å². The second kappa shape index (κ2) is 6.48. The molecule has 106 valence electrons. The topological polar surface area (TPSA) is 130 Å². The highest BCUT2D eigenvalue weighted by atomic mass is 16.4. The minimum atomic E-state index is -1.29. The first kappa shape index (κ1) is 15.4. The fourth-order valence-corrected chi connectivity index (χ4v) is 1.47. The van der Waals surface area contributed by atoms with Crippen LogP contribution in [0.4, 0.5) is 5.69 Å². The molecule has 20 heavy (non-hydrogen) atoms. The predicted molar refractivity (Wildman–Crippen MR) is 71.8 cm³/mol. The first-order valence-electron chi connectivity index (χ1n) is 5.64. The molecule has 7 heteroatoms. The number of carbonyl (C=O) groups is 3. The van der Waals surface area contributed by atoms with Crippen LogP contribution in [0.1, 0.15) is 27.1 Å². The van der Waals surface area contributed by atoms with E-state index in [1.807, 2.05) is 0 Å². The van der Waals surface area contributed by atoms with Crippen molar-refractivity contribution in [3.8, 4) is 0 Å². The van der Waals surface area contributed by atoms with E-state index in [0.29, 0.717) is 0 Å². The molecule has 0 aromatic heterocycles. The molecule has 1 rings (SSSR count). The summed E-state index contributed by atoms with van der Waals surface area (Å²) < 4.78 is 0. The van der Waals surface area contributed by atoms with Gasteiger partial charge in [-0.3, -0.25) is 4.79 Å². The van der Waals surface area contributed by atoms with E-state index in [4.69, 9.17) is 15.9 Å². The molecular weight excluding hydrogens is 264 g/mol. The number of nitrogens with two attached hydrogens (primary N) is 1. The summed E-state index contributed by atoms with van der Waals surface area (Å²) in [6.45, 7) is 3.45. The number of benzene rings is 1. The number of hydrogen-bond acceptors (Lipinski definition) is 4. The Morgan fingerprint density at radius 1 is 1.20 bits per heavy atom. The molecule has 0 heterocycles. The molecule has 0 bridgehead atoms. The SMILES string of the molecule is C=CCC(N)C(=O)Nc1cc(C(=O)O)cc(C(=O)O)c1. The van der Waals surface area contributed by atoms with Crippen LogP contribution >= 0.6 is 0 Å². The molecule has 1 atom stereocenters. The number of carboxylic acids is 2. The number of amides is 1. The number of nitrogens with one attached hydrogen (secondary N) is 1. The number of carboxylic acid groups (broad SMARTS) is 2. The van der Waals surface area contributed by atoms with E-state index in [1.54, 1.807) is 0 Å². The van der Waals surface area contributed by atoms with E-state index < -0.39 is 23.9 Å². The average molecular weight is 278 g/mol. The first-order chi connectivity index (χ1) is 9.35. The Kier molecular flexibility index (Phi) is 4.99. The van der Waals surface area contributed by atoms with Crippen molar-refractivity contribution in [1.82, 2.24) is 0 Å². The molecule has 0 fully saturated rings. The lowest BCUT2D eigenvalue weighted by atomic mass is 10.1. The lowest BCUT2D eigenvalue weighted by Gasteiger charge is -2.11. The first-order valence-corrected chi connectivity index (χ1v) is 5.64. The van der Waals surface area contributed by atoms with Gasteiger partial charge in [-0.2, -0.15) is 0 Å². The van der Waals surface area contributed by atoms with E-state index in [0.717, 1.165) is 18.2 Å². The number of hydrogen-bond donors (Lipinski definition) is 4. The Labute approximate surface area is 114 Å². The van der Waals surface area contributed by atoms with Gasteiger partial charge in [0.1, 0.15) is 0 Å². The van der Waals surface area contributed by atoms with Gasteiger partial charge in [0.15, 0.2) is 0 Å². The zero-order valence-corrected chi connectivity index (χ0v) is 10.5. The summed E-state index contributed by atoms with van der Waals surface area (Å²) in [4.78, 5) is 33.5. The lowest BCUT2D eigenvalue weighted by molar-refractivity contribution is -0.117. The van der Waals surface area contributed by atoms with Gasteiger partial charge in [-0.25, -0.2) is 9.59 Å². The molecule has 0 aliphatic carbocycles. The van der Waals surface area contributed by atoms with Gasteiger partial charge in [0.2, 0.25) is 5.91 Å². The predicted octanol–water partition coefficient (Wildman–Crippen LogP) is 0.925. The Balaban J connectivity index is 3.05. The van der Waals surface area contributed by atoms with E-state index in [9.17, 15) is 14.4 Å². The zero-order chi connectivity index (χ0) is 15.3. The van der Waals surface area contributed by atoms with Crippen LogP contribution in [0.2, 0.25) is 0 Å². The third-order valence-electron chi connectivity index (χ3n) is 2.45.